The Balaban J connectivity index is 1.29. The summed E-state index contributed by atoms with van der Waals surface area (Å²) in [7, 11) is 0. The third-order valence-electron chi connectivity index (χ3n) is 11.9. The molecule has 11 rings (SSSR count). The molecule has 9 heteroatoms. The van der Waals surface area contributed by atoms with Crippen LogP contribution >= 0.6 is 0 Å². The molecule has 0 spiro atoms. The summed E-state index contributed by atoms with van der Waals surface area (Å²) in [5.41, 5.74) is 8.68. The monoisotopic (exact) mass is 872 g/mol. The topological polar surface area (TPSA) is 80.3 Å². The number of aromatic nitrogens is 5. The van der Waals surface area contributed by atoms with E-state index in [1.165, 1.54) is 12.1 Å². The van der Waals surface area contributed by atoms with Crippen molar-refractivity contribution in [3.8, 4) is 90.7 Å². The number of nitrogens with zero attached hydrogens (tertiary/aromatic N) is 6. The van der Waals surface area contributed by atoms with Crippen LogP contribution in [0.2, 0.25) is 0 Å². The summed E-state index contributed by atoms with van der Waals surface area (Å²) in [6, 6.07) is 67.6. The quantitative estimate of drug-likeness (QED) is 0.152. The zero-order valence-electron chi connectivity index (χ0n) is 35.5. The van der Waals surface area contributed by atoms with Crippen LogP contribution in [0.25, 0.3) is 106 Å². The lowest BCUT2D eigenvalue weighted by molar-refractivity contribution is -0.137. The van der Waals surface area contributed by atoms with Crippen LogP contribution in [-0.4, -0.2) is 24.5 Å². The largest absolute Gasteiger partial charge is 0.416 e. The lowest BCUT2D eigenvalue weighted by Gasteiger charge is -2.22. The third kappa shape index (κ3) is 7.77. The molecule has 11 aromatic rings. The van der Waals surface area contributed by atoms with Gasteiger partial charge in [0.15, 0.2) is 11.6 Å². The molecule has 0 unspecified atom stereocenters. The van der Waals surface area contributed by atoms with Crippen LogP contribution in [0.15, 0.2) is 212 Å². The molecule has 0 saturated carbocycles. The van der Waals surface area contributed by atoms with Gasteiger partial charge in [0.05, 0.1) is 56.7 Å². The number of hydrogen-bond donors (Lipinski definition) is 0. The van der Waals surface area contributed by atoms with Gasteiger partial charge in [0, 0.05) is 44.2 Å². The Morgan fingerprint density at radius 3 is 1.42 bits per heavy atom. The van der Waals surface area contributed by atoms with Gasteiger partial charge in [-0.2, -0.15) is 18.4 Å². The average Bonchev–Trinajstić information content (AvgIpc) is 3.72. The molecule has 0 aliphatic heterocycles. The van der Waals surface area contributed by atoms with E-state index in [-0.39, 0.29) is 22.6 Å². The standard InChI is InChI=1S/C58H35F3N6/c59-58(60,61)44-32-47(52-35-51(41-19-9-3-10-20-41)63-56(66-52)42-21-11-4-12-22-42)55(48(33-44)57-64-49(39-15-5-1-6-16-39)34-50(65-57)40-17-7-2-8-18-40)67-53-24-14-13-23-45(53)46-31-43(29-30-54(46)67)38-27-25-37(36-62)26-28-38/h1-35H. The highest BCUT2D eigenvalue weighted by atomic mass is 19.4. The van der Waals surface area contributed by atoms with Crippen molar-refractivity contribution >= 4 is 21.8 Å². The van der Waals surface area contributed by atoms with Gasteiger partial charge in [-0.3, -0.25) is 0 Å². The van der Waals surface area contributed by atoms with Crippen molar-refractivity contribution in [2.75, 3.05) is 0 Å². The Labute approximate surface area is 383 Å². The second-order valence-electron chi connectivity index (χ2n) is 16.1. The Bertz CT molecular complexity index is 3400. The molecule has 0 atom stereocenters. The van der Waals surface area contributed by atoms with Crippen LogP contribution in [0, 0.1) is 11.3 Å². The Morgan fingerprint density at radius 2 is 0.851 bits per heavy atom. The second kappa shape index (κ2) is 16.8. The number of alkyl halides is 3. The molecule has 0 fully saturated rings. The molecule has 67 heavy (non-hydrogen) atoms. The first kappa shape index (κ1) is 40.8. The number of benzene rings is 8. The molecule has 0 bridgehead atoms. The Morgan fingerprint density at radius 1 is 0.388 bits per heavy atom. The van der Waals surface area contributed by atoms with E-state index in [4.69, 9.17) is 19.9 Å². The van der Waals surface area contributed by atoms with E-state index < -0.39 is 11.7 Å². The van der Waals surface area contributed by atoms with Crippen LogP contribution in [0.1, 0.15) is 11.1 Å². The molecular formula is C58H35F3N6. The fourth-order valence-electron chi connectivity index (χ4n) is 8.67. The van der Waals surface area contributed by atoms with E-state index in [9.17, 15) is 5.26 Å². The summed E-state index contributed by atoms with van der Waals surface area (Å²) in [6.07, 6.45) is -4.78. The van der Waals surface area contributed by atoms with E-state index >= 15 is 13.2 Å². The molecule has 0 saturated heterocycles. The molecule has 6 nitrogen and oxygen atoms in total. The van der Waals surface area contributed by atoms with Crippen molar-refractivity contribution in [2.24, 2.45) is 0 Å². The minimum atomic E-state index is -4.78. The highest BCUT2D eigenvalue weighted by molar-refractivity contribution is 6.11. The van der Waals surface area contributed by atoms with Crippen molar-refractivity contribution in [1.82, 2.24) is 24.5 Å². The van der Waals surface area contributed by atoms with Gasteiger partial charge in [-0.1, -0.05) is 158 Å². The maximum absolute atomic E-state index is 15.7. The lowest BCUT2D eigenvalue weighted by atomic mass is 9.96. The van der Waals surface area contributed by atoms with E-state index in [0.29, 0.717) is 39.7 Å². The third-order valence-corrected chi connectivity index (χ3v) is 11.9. The number of para-hydroxylation sites is 1. The van der Waals surface area contributed by atoms with Crippen LogP contribution in [0.5, 0.6) is 0 Å². The number of rotatable bonds is 8. The first-order valence-corrected chi connectivity index (χ1v) is 21.6. The van der Waals surface area contributed by atoms with Crippen molar-refractivity contribution in [1.29, 1.82) is 5.26 Å². The molecular weight excluding hydrogens is 838 g/mol. The smallest absolute Gasteiger partial charge is 0.308 e. The average molecular weight is 873 g/mol. The lowest BCUT2D eigenvalue weighted by Crippen LogP contribution is -2.11. The number of hydrogen-bond acceptors (Lipinski definition) is 5. The molecule has 8 aromatic carbocycles. The number of fused-ring (bicyclic) bond motifs is 3. The van der Waals surface area contributed by atoms with E-state index in [1.807, 2.05) is 180 Å². The van der Waals surface area contributed by atoms with Crippen molar-refractivity contribution in [3.05, 3.63) is 223 Å². The number of nitriles is 1. The molecule has 0 radical (unpaired) electrons. The molecule has 0 aliphatic rings. The van der Waals surface area contributed by atoms with Crippen LogP contribution in [-0.2, 0) is 6.18 Å². The zero-order chi connectivity index (χ0) is 45.5. The minimum Gasteiger partial charge on any atom is -0.308 e. The molecule has 0 N–H and O–H groups in total. The Kier molecular flexibility index (Phi) is 10.2. The maximum atomic E-state index is 15.7. The SMILES string of the molecule is N#Cc1ccc(-c2ccc3c(c2)c2ccccc2n3-c2c(-c3cc(-c4ccccc4)nc(-c4ccccc4)n3)cc(C(F)(F)F)cc2-c2nc(-c3ccccc3)cc(-c3ccccc3)n2)cc1. The van der Waals surface area contributed by atoms with Gasteiger partial charge >= 0.3 is 6.18 Å². The Hall–Kier alpha value is -9.00. The van der Waals surface area contributed by atoms with E-state index in [1.54, 1.807) is 18.2 Å². The normalized spacial score (nSPS) is 11.5. The molecule has 0 aliphatic carbocycles. The van der Waals surface area contributed by atoms with E-state index in [0.717, 1.165) is 49.6 Å². The second-order valence-corrected chi connectivity index (χ2v) is 16.1. The van der Waals surface area contributed by atoms with E-state index in [2.05, 4.69) is 12.1 Å². The van der Waals surface area contributed by atoms with Crippen LogP contribution in [0.4, 0.5) is 13.2 Å². The van der Waals surface area contributed by atoms with Gasteiger partial charge in [-0.05, 0) is 65.7 Å². The summed E-state index contributed by atoms with van der Waals surface area (Å²) in [4.78, 5) is 20.4. The molecule has 0 amide bonds. The van der Waals surface area contributed by atoms with Gasteiger partial charge in [-0.15, -0.1) is 0 Å². The van der Waals surface area contributed by atoms with Gasteiger partial charge < -0.3 is 4.57 Å². The number of halogens is 3. The highest BCUT2D eigenvalue weighted by Crippen LogP contribution is 2.46. The van der Waals surface area contributed by atoms with Crippen molar-refractivity contribution < 1.29 is 13.2 Å². The minimum absolute atomic E-state index is 0.100. The first-order valence-electron chi connectivity index (χ1n) is 21.6. The predicted octanol–water partition coefficient (Wildman–Crippen LogP) is 14.9. The summed E-state index contributed by atoms with van der Waals surface area (Å²) < 4.78 is 49.1. The van der Waals surface area contributed by atoms with Crippen LogP contribution < -0.4 is 0 Å². The van der Waals surface area contributed by atoms with Crippen molar-refractivity contribution in [2.45, 2.75) is 6.18 Å². The van der Waals surface area contributed by atoms with Gasteiger partial charge in [0.25, 0.3) is 0 Å². The summed E-state index contributed by atoms with van der Waals surface area (Å²) in [6.45, 7) is 0. The summed E-state index contributed by atoms with van der Waals surface area (Å²) in [5.74, 6) is 0.452. The van der Waals surface area contributed by atoms with Gasteiger partial charge in [0.2, 0.25) is 0 Å². The van der Waals surface area contributed by atoms with Crippen LogP contribution in [0.3, 0.4) is 0 Å². The zero-order valence-corrected chi connectivity index (χ0v) is 35.5. The fourth-order valence-corrected chi connectivity index (χ4v) is 8.67. The highest BCUT2D eigenvalue weighted by Gasteiger charge is 2.35. The first-order chi connectivity index (χ1) is 32.8. The predicted molar refractivity (Wildman–Crippen MR) is 260 cm³/mol. The summed E-state index contributed by atoms with van der Waals surface area (Å²) in [5, 5.41) is 11.3. The maximum Gasteiger partial charge on any atom is 0.416 e. The van der Waals surface area contributed by atoms with Crippen molar-refractivity contribution in [3.63, 3.8) is 0 Å². The summed E-state index contributed by atoms with van der Waals surface area (Å²) >= 11 is 0. The molecule has 318 valence electrons. The van der Waals surface area contributed by atoms with Gasteiger partial charge in [-0.25, -0.2) is 19.9 Å². The fraction of sp³-hybridized carbons (Fsp3) is 0.0172. The van der Waals surface area contributed by atoms with Gasteiger partial charge in [0.1, 0.15) is 0 Å². The molecule has 3 heterocycles. The molecule has 3 aromatic heterocycles.